The largest absolute Gasteiger partial charge is 0.311 e. The molecule has 2 unspecified atom stereocenters. The number of hydrogen-bond donors (Lipinski definition) is 0. The Morgan fingerprint density at radius 2 is 0.770 bits per heavy atom. The number of allylic oxidation sites excluding steroid dienone is 10. The van der Waals surface area contributed by atoms with Gasteiger partial charge in [-0.2, -0.15) is 0 Å². The van der Waals surface area contributed by atoms with Crippen molar-refractivity contribution in [1.82, 2.24) is 0 Å². The minimum absolute atomic E-state index is 0.0385. The second kappa shape index (κ2) is 17.6. The summed E-state index contributed by atoms with van der Waals surface area (Å²) in [5.41, 5.74) is 23.6. The molecule has 0 spiro atoms. The van der Waals surface area contributed by atoms with Crippen LogP contribution in [0, 0.1) is 21.7 Å². The van der Waals surface area contributed by atoms with Gasteiger partial charge in [-0.3, -0.25) is 0 Å². The van der Waals surface area contributed by atoms with E-state index >= 15 is 0 Å². The van der Waals surface area contributed by atoms with Gasteiger partial charge in [-0.15, -0.1) is 0 Å². The van der Waals surface area contributed by atoms with Crippen LogP contribution >= 0.6 is 0 Å². The Balaban J connectivity index is 0.985. The van der Waals surface area contributed by atoms with E-state index < -0.39 is 5.41 Å². The lowest BCUT2D eigenvalue weighted by atomic mass is 9.68. The van der Waals surface area contributed by atoms with Gasteiger partial charge in [0.05, 0.1) is 0 Å². The third-order valence-corrected chi connectivity index (χ3v) is 18.3. The van der Waals surface area contributed by atoms with Crippen molar-refractivity contribution >= 4 is 22.7 Å². The molecule has 0 aliphatic heterocycles. The highest BCUT2D eigenvalue weighted by Crippen LogP contribution is 2.56. The van der Waals surface area contributed by atoms with Crippen molar-refractivity contribution in [2.24, 2.45) is 21.7 Å². The zero-order valence-electron chi connectivity index (χ0n) is 44.9. The number of nitrogens with zero attached hydrogens (tertiary/aromatic N) is 2. The normalized spacial score (nSPS) is 21.2. The van der Waals surface area contributed by atoms with E-state index in [-0.39, 0.29) is 21.7 Å². The van der Waals surface area contributed by atoms with Gasteiger partial charge < -0.3 is 9.80 Å². The van der Waals surface area contributed by atoms with Crippen LogP contribution in [-0.2, 0) is 31.1 Å². The molecule has 0 bridgehead atoms. The van der Waals surface area contributed by atoms with Crippen LogP contribution < -0.4 is 9.80 Å². The van der Waals surface area contributed by atoms with Gasteiger partial charge >= 0.3 is 0 Å². The summed E-state index contributed by atoms with van der Waals surface area (Å²) in [7, 11) is 0. The van der Waals surface area contributed by atoms with E-state index in [4.69, 9.17) is 0 Å². The molecule has 5 aliphatic rings. The zero-order chi connectivity index (χ0) is 51.2. The van der Waals surface area contributed by atoms with Gasteiger partial charge in [0.25, 0.3) is 0 Å². The Kier molecular flexibility index (Phi) is 11.3. The van der Waals surface area contributed by atoms with E-state index in [1.807, 2.05) is 0 Å². The summed E-state index contributed by atoms with van der Waals surface area (Å²) in [6, 6.07) is 58.1. The van der Waals surface area contributed by atoms with Crippen molar-refractivity contribution in [2.75, 3.05) is 9.80 Å². The highest BCUT2D eigenvalue weighted by molar-refractivity contribution is 5.89. The lowest BCUT2D eigenvalue weighted by molar-refractivity contribution is 0.228. The monoisotopic (exact) mass is 963 g/mol. The maximum absolute atomic E-state index is 2.49. The summed E-state index contributed by atoms with van der Waals surface area (Å²) < 4.78 is 0. The zero-order valence-corrected chi connectivity index (χ0v) is 44.9. The van der Waals surface area contributed by atoms with Crippen LogP contribution in [0.5, 0.6) is 0 Å². The van der Waals surface area contributed by atoms with E-state index in [9.17, 15) is 0 Å². The molecule has 0 radical (unpaired) electrons. The smallest absolute Gasteiger partial charge is 0.0465 e. The van der Waals surface area contributed by atoms with E-state index in [1.54, 1.807) is 0 Å². The third-order valence-electron chi connectivity index (χ3n) is 18.3. The second-order valence-electron chi connectivity index (χ2n) is 24.3. The predicted molar refractivity (Wildman–Crippen MR) is 315 cm³/mol. The summed E-state index contributed by atoms with van der Waals surface area (Å²) in [5, 5.41) is 0. The first-order valence-corrected chi connectivity index (χ1v) is 27.1. The molecule has 0 fully saturated rings. The Morgan fingerprint density at radius 1 is 0.378 bits per heavy atom. The molecule has 2 nitrogen and oxygen atoms in total. The molecule has 74 heavy (non-hydrogen) atoms. The molecular formula is C72H70N2. The Bertz CT molecular complexity index is 3330. The molecule has 0 aromatic heterocycles. The molecule has 0 amide bonds. The van der Waals surface area contributed by atoms with Crippen LogP contribution in [0.15, 0.2) is 224 Å². The van der Waals surface area contributed by atoms with E-state index in [0.29, 0.717) is 0 Å². The summed E-state index contributed by atoms with van der Waals surface area (Å²) in [5.74, 6) is 0. The second-order valence-corrected chi connectivity index (χ2v) is 24.3. The van der Waals surface area contributed by atoms with E-state index in [1.165, 1.54) is 98.0 Å². The van der Waals surface area contributed by atoms with Gasteiger partial charge in [0.15, 0.2) is 0 Å². The average molecular weight is 963 g/mol. The third kappa shape index (κ3) is 8.01. The SMILES string of the molecule is CC1(c2ccccc2)c2cc(N(C3=CC=CC(C)(C(C)(C)C)C=C3)c3ccc(-c4ccc5c(c4)CC5)cc3)ccc2-c2ccc(N(C3=CC=CC(C)(C(C)(C)C)C=C3)c3ccc(-c4ccc5c(c4)CC5)cc3)cc21. The highest BCUT2D eigenvalue weighted by Gasteiger charge is 2.42. The average Bonchev–Trinajstić information content (AvgIpc) is 3.54. The first kappa shape index (κ1) is 47.6. The van der Waals surface area contributed by atoms with Crippen LogP contribution in [0.3, 0.4) is 0 Å². The Hall–Kier alpha value is -7.42. The number of aryl methyl sites for hydroxylation is 4. The fourth-order valence-electron chi connectivity index (χ4n) is 11.8. The molecule has 7 aromatic carbocycles. The van der Waals surface area contributed by atoms with Gasteiger partial charge in [-0.1, -0.05) is 195 Å². The number of fused-ring (bicyclic) bond motifs is 5. The molecule has 0 N–H and O–H groups in total. The van der Waals surface area contributed by atoms with Crippen LogP contribution in [0.2, 0.25) is 0 Å². The van der Waals surface area contributed by atoms with Crippen molar-refractivity contribution in [3.05, 3.63) is 263 Å². The lowest BCUT2D eigenvalue weighted by Gasteiger charge is -2.37. The van der Waals surface area contributed by atoms with Gasteiger partial charge in [0, 0.05) is 50.4 Å². The van der Waals surface area contributed by atoms with Crippen molar-refractivity contribution in [3.63, 3.8) is 0 Å². The Morgan fingerprint density at radius 3 is 1.15 bits per heavy atom. The molecule has 0 heterocycles. The maximum atomic E-state index is 2.49. The van der Waals surface area contributed by atoms with Gasteiger partial charge in [0.2, 0.25) is 0 Å². The fourth-order valence-corrected chi connectivity index (χ4v) is 11.8. The Labute approximate surface area is 441 Å². The summed E-state index contributed by atoms with van der Waals surface area (Å²) >= 11 is 0. The molecule has 368 valence electrons. The minimum atomic E-state index is -0.469. The molecule has 12 rings (SSSR count). The van der Waals surface area contributed by atoms with Crippen LogP contribution in [-0.4, -0.2) is 0 Å². The van der Waals surface area contributed by atoms with Gasteiger partial charge in [-0.25, -0.2) is 0 Å². The van der Waals surface area contributed by atoms with E-state index in [0.717, 1.165) is 34.1 Å². The van der Waals surface area contributed by atoms with E-state index in [2.05, 4.69) is 285 Å². The quantitative estimate of drug-likeness (QED) is 0.142. The molecule has 0 saturated carbocycles. The molecule has 2 atom stereocenters. The first-order chi connectivity index (χ1) is 35.5. The lowest BCUT2D eigenvalue weighted by Crippen LogP contribution is -2.28. The van der Waals surface area contributed by atoms with Crippen LogP contribution in [0.1, 0.15) is 101 Å². The van der Waals surface area contributed by atoms with Crippen LogP contribution in [0.25, 0.3) is 33.4 Å². The fraction of sp³-hybridized carbons (Fsp3) is 0.250. The summed E-state index contributed by atoms with van der Waals surface area (Å²) in [6.45, 7) is 21.2. The minimum Gasteiger partial charge on any atom is -0.311 e. The number of benzene rings is 7. The standard InChI is InChI=1S/C72H70N2/c1-68(2,3)70(7)41-13-17-58(39-43-70)73(60-31-27-51(28-32-60)55-25-21-49-19-23-53(49)45-55)62-35-37-64-65-38-36-63(48-67(65)72(9,66(64)47-62)57-15-11-10-12-16-57)74(59-18-14-42-71(8,44-40-59)69(4,5)6)61-33-29-52(30-34-61)56-26-22-50-20-24-54(50)46-56/h10-18,21-22,25-48H,19-20,23-24H2,1-9H3. The number of rotatable bonds is 9. The summed E-state index contributed by atoms with van der Waals surface area (Å²) in [4.78, 5) is 4.93. The summed E-state index contributed by atoms with van der Waals surface area (Å²) in [6.07, 6.45) is 28.1. The number of hydrogen-bond acceptors (Lipinski definition) is 2. The van der Waals surface area contributed by atoms with Crippen molar-refractivity contribution in [2.45, 2.75) is 93.4 Å². The molecular weight excluding hydrogens is 893 g/mol. The highest BCUT2D eigenvalue weighted by atomic mass is 15.2. The first-order valence-electron chi connectivity index (χ1n) is 27.1. The predicted octanol–water partition coefficient (Wildman–Crippen LogP) is 19.0. The molecule has 0 saturated heterocycles. The maximum Gasteiger partial charge on any atom is 0.0465 e. The van der Waals surface area contributed by atoms with Crippen LogP contribution in [0.4, 0.5) is 22.7 Å². The molecule has 7 aromatic rings. The molecule has 2 heteroatoms. The number of anilines is 4. The van der Waals surface area contributed by atoms with Gasteiger partial charge in [-0.05, 0) is 189 Å². The van der Waals surface area contributed by atoms with Crippen molar-refractivity contribution < 1.29 is 0 Å². The van der Waals surface area contributed by atoms with Crippen molar-refractivity contribution in [1.29, 1.82) is 0 Å². The molecule has 5 aliphatic carbocycles. The topological polar surface area (TPSA) is 6.48 Å². The van der Waals surface area contributed by atoms with Gasteiger partial charge in [0.1, 0.15) is 0 Å². The van der Waals surface area contributed by atoms with Crippen molar-refractivity contribution in [3.8, 4) is 33.4 Å².